The van der Waals surface area contributed by atoms with Gasteiger partial charge in [-0.2, -0.15) is 0 Å². The van der Waals surface area contributed by atoms with Crippen LogP contribution in [-0.2, 0) is 17.6 Å². The van der Waals surface area contributed by atoms with Gasteiger partial charge in [0.05, 0.1) is 0 Å². The lowest BCUT2D eigenvalue weighted by Gasteiger charge is -2.20. The van der Waals surface area contributed by atoms with Crippen LogP contribution in [0.5, 0.6) is 0 Å². The number of halogens is 1. The molecule has 1 unspecified atom stereocenters. The molecule has 1 amide bonds. The molecular weight excluding hydrogens is 372 g/mol. The maximum atomic E-state index is 12.9. The molecule has 28 heavy (non-hydrogen) atoms. The fourth-order valence-corrected chi connectivity index (χ4v) is 3.19. The third kappa shape index (κ3) is 5.87. The topological polar surface area (TPSA) is 66.9 Å². The molecular formula is C22H23ClN4O. The zero-order valence-electron chi connectivity index (χ0n) is 15.5. The van der Waals surface area contributed by atoms with E-state index in [-0.39, 0.29) is 5.91 Å². The van der Waals surface area contributed by atoms with Gasteiger partial charge in [-0.3, -0.25) is 14.8 Å². The molecule has 1 aromatic carbocycles. The van der Waals surface area contributed by atoms with Crippen LogP contribution >= 0.6 is 11.6 Å². The molecule has 5 nitrogen and oxygen atoms in total. The average Bonchev–Trinajstić information content (AvgIpc) is 2.73. The van der Waals surface area contributed by atoms with E-state index in [2.05, 4.69) is 20.6 Å². The summed E-state index contributed by atoms with van der Waals surface area (Å²) in [6.45, 7) is 1.20. The summed E-state index contributed by atoms with van der Waals surface area (Å²) >= 11 is 6.35. The Balaban J connectivity index is 1.61. The largest absolute Gasteiger partial charge is 0.354 e. The summed E-state index contributed by atoms with van der Waals surface area (Å²) in [5, 5.41) is 6.94. The molecule has 0 aliphatic rings. The summed E-state index contributed by atoms with van der Waals surface area (Å²) in [5.74, 6) is -0.0862. The maximum absolute atomic E-state index is 12.9. The summed E-state index contributed by atoms with van der Waals surface area (Å²) < 4.78 is 0. The molecule has 0 spiro atoms. The number of nitrogens with zero attached hydrogens (tertiary/aromatic N) is 2. The van der Waals surface area contributed by atoms with Crippen molar-refractivity contribution in [1.29, 1.82) is 0 Å². The number of benzene rings is 1. The monoisotopic (exact) mass is 394 g/mol. The Morgan fingerprint density at radius 2 is 1.43 bits per heavy atom. The molecule has 3 aromatic rings. The molecule has 0 aliphatic heterocycles. The second kappa shape index (κ2) is 10.5. The third-order valence-electron chi connectivity index (χ3n) is 4.45. The van der Waals surface area contributed by atoms with Crippen molar-refractivity contribution in [1.82, 2.24) is 20.6 Å². The predicted octanol–water partition coefficient (Wildman–Crippen LogP) is 3.36. The molecule has 0 aliphatic carbocycles. The molecule has 1 atom stereocenters. The quantitative estimate of drug-likeness (QED) is 0.584. The highest BCUT2D eigenvalue weighted by molar-refractivity contribution is 6.31. The number of hydrogen-bond acceptors (Lipinski definition) is 4. The van der Waals surface area contributed by atoms with E-state index in [4.69, 9.17) is 11.6 Å². The molecule has 2 heterocycles. The lowest BCUT2D eigenvalue weighted by molar-refractivity contribution is -0.123. The number of pyridine rings is 2. The first-order chi connectivity index (χ1) is 13.7. The first-order valence-electron chi connectivity index (χ1n) is 9.27. The standard InChI is InChI=1S/C22H23ClN4O/c23-20-4-2-1-3-19(20)21(26-15-9-17-5-11-24-12-6-17)22(28)27-16-10-18-7-13-25-14-8-18/h1-8,11-14,21,26H,9-10,15-16H2,(H,27,28). The van der Waals surface area contributed by atoms with Crippen LogP contribution in [0.4, 0.5) is 0 Å². The van der Waals surface area contributed by atoms with E-state index in [9.17, 15) is 4.79 Å². The molecule has 0 bridgehead atoms. The van der Waals surface area contributed by atoms with Gasteiger partial charge >= 0.3 is 0 Å². The van der Waals surface area contributed by atoms with Gasteiger partial charge in [-0.15, -0.1) is 0 Å². The van der Waals surface area contributed by atoms with Crippen molar-refractivity contribution in [2.75, 3.05) is 13.1 Å². The molecule has 2 aromatic heterocycles. The molecule has 0 saturated heterocycles. The Hall–Kier alpha value is -2.76. The van der Waals surface area contributed by atoms with Gasteiger partial charge in [-0.1, -0.05) is 29.8 Å². The Bertz CT molecular complexity index is 874. The smallest absolute Gasteiger partial charge is 0.241 e. The van der Waals surface area contributed by atoms with E-state index < -0.39 is 6.04 Å². The number of nitrogens with one attached hydrogen (secondary N) is 2. The zero-order chi connectivity index (χ0) is 19.6. The first kappa shape index (κ1) is 20.0. The Kier molecular flexibility index (Phi) is 7.53. The number of carbonyl (C=O) groups excluding carboxylic acids is 1. The van der Waals surface area contributed by atoms with Crippen LogP contribution in [0.3, 0.4) is 0 Å². The molecule has 2 N–H and O–H groups in total. The normalized spacial score (nSPS) is 11.8. The molecule has 6 heteroatoms. The lowest BCUT2D eigenvalue weighted by Crippen LogP contribution is -2.39. The van der Waals surface area contributed by atoms with Crippen molar-refractivity contribution < 1.29 is 4.79 Å². The van der Waals surface area contributed by atoms with Crippen LogP contribution in [0.1, 0.15) is 22.7 Å². The van der Waals surface area contributed by atoms with Gasteiger partial charge in [-0.05, 0) is 59.9 Å². The van der Waals surface area contributed by atoms with E-state index in [1.54, 1.807) is 30.9 Å². The fraction of sp³-hybridized carbons (Fsp3) is 0.227. The van der Waals surface area contributed by atoms with Gasteiger partial charge in [0.25, 0.3) is 0 Å². The Morgan fingerprint density at radius 1 is 0.857 bits per heavy atom. The van der Waals surface area contributed by atoms with Crippen LogP contribution in [0, 0.1) is 0 Å². The first-order valence-corrected chi connectivity index (χ1v) is 9.65. The minimum Gasteiger partial charge on any atom is -0.354 e. The minimum atomic E-state index is -0.507. The van der Waals surface area contributed by atoms with E-state index in [1.807, 2.05) is 42.5 Å². The predicted molar refractivity (Wildman–Crippen MR) is 111 cm³/mol. The molecule has 144 valence electrons. The van der Waals surface area contributed by atoms with E-state index in [0.29, 0.717) is 18.1 Å². The van der Waals surface area contributed by atoms with Crippen molar-refractivity contribution in [3.63, 3.8) is 0 Å². The van der Waals surface area contributed by atoms with Gasteiger partial charge in [0, 0.05) is 42.9 Å². The number of amides is 1. The summed E-state index contributed by atoms with van der Waals surface area (Å²) in [6, 6.07) is 14.8. The Morgan fingerprint density at radius 3 is 2.04 bits per heavy atom. The maximum Gasteiger partial charge on any atom is 0.241 e. The van der Waals surface area contributed by atoms with Crippen molar-refractivity contribution in [2.45, 2.75) is 18.9 Å². The van der Waals surface area contributed by atoms with E-state index in [1.165, 1.54) is 5.56 Å². The zero-order valence-corrected chi connectivity index (χ0v) is 16.3. The lowest BCUT2D eigenvalue weighted by atomic mass is 10.1. The summed E-state index contributed by atoms with van der Waals surface area (Å²) in [4.78, 5) is 20.9. The van der Waals surface area contributed by atoms with Crippen LogP contribution < -0.4 is 10.6 Å². The van der Waals surface area contributed by atoms with Crippen molar-refractivity contribution in [3.05, 3.63) is 95.0 Å². The number of aromatic nitrogens is 2. The van der Waals surface area contributed by atoms with E-state index >= 15 is 0 Å². The number of hydrogen-bond donors (Lipinski definition) is 2. The van der Waals surface area contributed by atoms with Gasteiger partial charge < -0.3 is 10.6 Å². The van der Waals surface area contributed by atoms with Gasteiger partial charge in [0.15, 0.2) is 0 Å². The van der Waals surface area contributed by atoms with Crippen LogP contribution in [0.25, 0.3) is 0 Å². The summed E-state index contributed by atoms with van der Waals surface area (Å²) in [7, 11) is 0. The van der Waals surface area contributed by atoms with Crippen LogP contribution in [0.2, 0.25) is 5.02 Å². The highest BCUT2D eigenvalue weighted by Gasteiger charge is 2.21. The van der Waals surface area contributed by atoms with Crippen LogP contribution in [-0.4, -0.2) is 29.0 Å². The highest BCUT2D eigenvalue weighted by atomic mass is 35.5. The van der Waals surface area contributed by atoms with Gasteiger partial charge in [0.2, 0.25) is 5.91 Å². The van der Waals surface area contributed by atoms with Gasteiger partial charge in [0.1, 0.15) is 6.04 Å². The summed E-state index contributed by atoms with van der Waals surface area (Å²) in [6.07, 6.45) is 8.60. The minimum absolute atomic E-state index is 0.0862. The average molecular weight is 395 g/mol. The van der Waals surface area contributed by atoms with Crippen molar-refractivity contribution in [3.8, 4) is 0 Å². The SMILES string of the molecule is O=C(NCCc1ccncc1)C(NCCc1ccncc1)c1ccccc1Cl. The van der Waals surface area contributed by atoms with E-state index in [0.717, 1.165) is 24.0 Å². The number of carbonyl (C=O) groups is 1. The van der Waals surface area contributed by atoms with Crippen LogP contribution in [0.15, 0.2) is 73.3 Å². The second-order valence-electron chi connectivity index (χ2n) is 6.41. The molecule has 0 radical (unpaired) electrons. The van der Waals surface area contributed by atoms with Gasteiger partial charge in [-0.25, -0.2) is 0 Å². The summed E-state index contributed by atoms with van der Waals surface area (Å²) in [5.41, 5.74) is 3.08. The fourth-order valence-electron chi connectivity index (χ4n) is 2.94. The van der Waals surface area contributed by atoms with Crippen molar-refractivity contribution >= 4 is 17.5 Å². The molecule has 0 saturated carbocycles. The highest BCUT2D eigenvalue weighted by Crippen LogP contribution is 2.23. The third-order valence-corrected chi connectivity index (χ3v) is 4.80. The Labute approximate surface area is 170 Å². The van der Waals surface area contributed by atoms with Crippen molar-refractivity contribution in [2.24, 2.45) is 0 Å². The molecule has 3 rings (SSSR count). The number of rotatable bonds is 9. The molecule has 0 fully saturated rings. The second-order valence-corrected chi connectivity index (χ2v) is 6.82.